The number of piperidine rings is 1. The van der Waals surface area contributed by atoms with Crippen LogP contribution in [0.25, 0.3) is 0 Å². The normalized spacial score (nSPS) is 16.9. The molecule has 1 aromatic rings. The average molecular weight is 542 g/mol. The molecule has 2 heterocycles. The highest BCUT2D eigenvalue weighted by atomic mass is 127. The van der Waals surface area contributed by atoms with Crippen molar-refractivity contribution < 1.29 is 14.3 Å². The van der Waals surface area contributed by atoms with E-state index >= 15 is 0 Å². The van der Waals surface area contributed by atoms with Gasteiger partial charge in [0.2, 0.25) is 5.91 Å². The smallest absolute Gasteiger partial charge is 0.308 e. The number of rotatable bonds is 6. The van der Waals surface area contributed by atoms with E-state index in [1.807, 2.05) is 11.0 Å². The van der Waals surface area contributed by atoms with Gasteiger partial charge < -0.3 is 19.9 Å². The third-order valence-electron chi connectivity index (χ3n) is 5.96. The van der Waals surface area contributed by atoms with Gasteiger partial charge in [0.1, 0.15) is 0 Å². The van der Waals surface area contributed by atoms with Crippen LogP contribution in [0, 0.1) is 5.92 Å². The van der Waals surface area contributed by atoms with E-state index in [2.05, 4.69) is 35.3 Å². The molecule has 7 nitrogen and oxygen atoms in total. The summed E-state index contributed by atoms with van der Waals surface area (Å²) in [6.45, 7) is 6.56. The fraction of sp³-hybridized carbons (Fsp3) is 0.609. The number of carbonyl (C=O) groups excluding carboxylic acids is 2. The highest BCUT2D eigenvalue weighted by Crippen LogP contribution is 2.20. The fourth-order valence-corrected chi connectivity index (χ4v) is 4.20. The Morgan fingerprint density at radius 3 is 2.52 bits per heavy atom. The molecule has 0 atom stereocenters. The predicted molar refractivity (Wildman–Crippen MR) is 133 cm³/mol. The summed E-state index contributed by atoms with van der Waals surface area (Å²) in [5, 5.41) is 3.34. The highest BCUT2D eigenvalue weighted by molar-refractivity contribution is 14.0. The van der Waals surface area contributed by atoms with E-state index in [1.165, 1.54) is 18.2 Å². The monoisotopic (exact) mass is 542 g/mol. The Hall–Kier alpha value is -1.84. The van der Waals surface area contributed by atoms with Gasteiger partial charge in [-0.3, -0.25) is 14.6 Å². The lowest BCUT2D eigenvalue weighted by Gasteiger charge is -2.33. The SMILES string of the molecule is CCNC(=NCCCC(=O)N1CCc2ccccc2C1)N1CCC(C(=O)OC)CC1.I. The first-order valence-electron chi connectivity index (χ1n) is 11.1. The maximum absolute atomic E-state index is 12.6. The number of methoxy groups -OCH3 is 1. The Morgan fingerprint density at radius 2 is 1.84 bits per heavy atom. The van der Waals surface area contributed by atoms with Crippen molar-refractivity contribution in [3.8, 4) is 0 Å². The van der Waals surface area contributed by atoms with Crippen molar-refractivity contribution in [1.82, 2.24) is 15.1 Å². The molecule has 0 aliphatic carbocycles. The van der Waals surface area contributed by atoms with Gasteiger partial charge in [-0.2, -0.15) is 0 Å². The molecular weight excluding hydrogens is 507 g/mol. The summed E-state index contributed by atoms with van der Waals surface area (Å²) in [5.74, 6) is 0.959. The maximum Gasteiger partial charge on any atom is 0.308 e. The van der Waals surface area contributed by atoms with E-state index < -0.39 is 0 Å². The minimum Gasteiger partial charge on any atom is -0.469 e. The van der Waals surface area contributed by atoms with Gasteiger partial charge in [0.25, 0.3) is 0 Å². The number of aliphatic imine (C=N–C) groups is 1. The second-order valence-corrected chi connectivity index (χ2v) is 7.96. The van der Waals surface area contributed by atoms with Gasteiger partial charge in [0.05, 0.1) is 13.0 Å². The summed E-state index contributed by atoms with van der Waals surface area (Å²) >= 11 is 0. The van der Waals surface area contributed by atoms with Gasteiger partial charge in [-0.25, -0.2) is 0 Å². The van der Waals surface area contributed by atoms with E-state index in [0.717, 1.165) is 64.4 Å². The van der Waals surface area contributed by atoms with Gasteiger partial charge in [-0.15, -0.1) is 24.0 Å². The minimum atomic E-state index is -0.115. The number of hydrogen-bond donors (Lipinski definition) is 1. The molecule has 0 aromatic heterocycles. The highest BCUT2D eigenvalue weighted by Gasteiger charge is 2.27. The Kier molecular flexibility index (Phi) is 10.6. The summed E-state index contributed by atoms with van der Waals surface area (Å²) in [6, 6.07) is 8.37. The van der Waals surface area contributed by atoms with E-state index in [4.69, 9.17) is 9.73 Å². The molecule has 1 fully saturated rings. The van der Waals surface area contributed by atoms with Crippen LogP contribution in [0.3, 0.4) is 0 Å². The summed E-state index contributed by atoms with van der Waals surface area (Å²) in [6.07, 6.45) is 3.77. The Bertz CT molecular complexity index is 763. The molecule has 0 saturated carbocycles. The number of esters is 1. The molecule has 1 saturated heterocycles. The van der Waals surface area contributed by atoms with Crippen LogP contribution in [0.1, 0.15) is 43.7 Å². The first-order valence-corrected chi connectivity index (χ1v) is 11.1. The van der Waals surface area contributed by atoms with E-state index in [1.54, 1.807) is 0 Å². The number of amides is 1. The van der Waals surface area contributed by atoms with Crippen molar-refractivity contribution in [2.24, 2.45) is 10.9 Å². The number of hydrogen-bond acceptors (Lipinski definition) is 4. The van der Waals surface area contributed by atoms with E-state index in [-0.39, 0.29) is 41.8 Å². The van der Waals surface area contributed by atoms with Crippen molar-refractivity contribution in [3.05, 3.63) is 35.4 Å². The molecular formula is C23H35IN4O3. The zero-order chi connectivity index (χ0) is 21.3. The van der Waals surface area contributed by atoms with Crippen molar-refractivity contribution in [1.29, 1.82) is 0 Å². The zero-order valence-electron chi connectivity index (χ0n) is 18.6. The molecule has 1 N–H and O–H groups in total. The molecule has 2 aliphatic rings. The topological polar surface area (TPSA) is 74.2 Å². The lowest BCUT2D eigenvalue weighted by atomic mass is 9.97. The molecule has 8 heteroatoms. The molecule has 0 unspecified atom stereocenters. The van der Waals surface area contributed by atoms with Crippen LogP contribution in [0.4, 0.5) is 0 Å². The average Bonchev–Trinajstić information content (AvgIpc) is 2.80. The van der Waals surface area contributed by atoms with Crippen LogP contribution in [0.2, 0.25) is 0 Å². The van der Waals surface area contributed by atoms with Gasteiger partial charge in [0, 0.05) is 45.7 Å². The second-order valence-electron chi connectivity index (χ2n) is 7.96. The molecule has 1 aromatic carbocycles. The summed E-state index contributed by atoms with van der Waals surface area (Å²) in [5.41, 5.74) is 2.62. The Balaban J connectivity index is 0.00000341. The number of fused-ring (bicyclic) bond motifs is 1. The molecule has 172 valence electrons. The largest absolute Gasteiger partial charge is 0.469 e. The number of likely N-dealkylation sites (tertiary alicyclic amines) is 1. The van der Waals surface area contributed by atoms with E-state index in [9.17, 15) is 9.59 Å². The van der Waals surface area contributed by atoms with Crippen molar-refractivity contribution in [2.75, 3.05) is 39.8 Å². The third-order valence-corrected chi connectivity index (χ3v) is 5.96. The molecule has 0 spiro atoms. The summed E-state index contributed by atoms with van der Waals surface area (Å²) in [4.78, 5) is 33.2. The molecule has 2 aliphatic heterocycles. The summed E-state index contributed by atoms with van der Waals surface area (Å²) < 4.78 is 4.86. The first-order chi connectivity index (χ1) is 14.6. The summed E-state index contributed by atoms with van der Waals surface area (Å²) in [7, 11) is 1.45. The van der Waals surface area contributed by atoms with Gasteiger partial charge in [-0.05, 0) is 43.7 Å². The number of nitrogens with one attached hydrogen (secondary N) is 1. The number of nitrogens with zero attached hydrogens (tertiary/aromatic N) is 3. The van der Waals surface area contributed by atoms with Crippen LogP contribution < -0.4 is 5.32 Å². The van der Waals surface area contributed by atoms with Crippen LogP contribution >= 0.6 is 24.0 Å². The third kappa shape index (κ3) is 7.08. The van der Waals surface area contributed by atoms with E-state index in [0.29, 0.717) is 13.0 Å². The number of carbonyl (C=O) groups is 2. The van der Waals surface area contributed by atoms with Crippen LogP contribution in [-0.2, 0) is 27.3 Å². The van der Waals surface area contributed by atoms with Crippen LogP contribution in [0.5, 0.6) is 0 Å². The fourth-order valence-electron chi connectivity index (χ4n) is 4.20. The lowest BCUT2D eigenvalue weighted by molar-refractivity contribution is -0.146. The number of guanidine groups is 1. The Morgan fingerprint density at radius 1 is 1.13 bits per heavy atom. The second kappa shape index (κ2) is 12.9. The van der Waals surface area contributed by atoms with Crippen LogP contribution in [-0.4, -0.2) is 67.5 Å². The number of ether oxygens (including phenoxy) is 1. The zero-order valence-corrected chi connectivity index (χ0v) is 21.0. The number of benzene rings is 1. The molecule has 0 radical (unpaired) electrons. The van der Waals surface area contributed by atoms with Crippen molar-refractivity contribution in [3.63, 3.8) is 0 Å². The van der Waals surface area contributed by atoms with Gasteiger partial charge in [-0.1, -0.05) is 24.3 Å². The van der Waals surface area contributed by atoms with Crippen LogP contribution in [0.15, 0.2) is 29.3 Å². The van der Waals surface area contributed by atoms with Gasteiger partial charge >= 0.3 is 5.97 Å². The van der Waals surface area contributed by atoms with Gasteiger partial charge in [0.15, 0.2) is 5.96 Å². The molecule has 0 bridgehead atoms. The van der Waals surface area contributed by atoms with Crippen molar-refractivity contribution in [2.45, 2.75) is 45.6 Å². The Labute approximate surface area is 202 Å². The molecule has 3 rings (SSSR count). The maximum atomic E-state index is 12.6. The molecule has 1 amide bonds. The predicted octanol–water partition coefficient (Wildman–Crippen LogP) is 2.82. The first kappa shape index (κ1) is 25.4. The minimum absolute atomic E-state index is 0. The van der Waals surface area contributed by atoms with Crippen molar-refractivity contribution >= 4 is 41.8 Å². The standard InChI is InChI=1S/C23H34N4O3.HI/c1-3-24-23(26-14-11-19(12-15-26)22(29)30-2)25-13-6-9-21(28)27-16-10-18-7-4-5-8-20(18)17-27;/h4-5,7-8,19H,3,6,9-17H2,1-2H3,(H,24,25);1H. The quantitative estimate of drug-likeness (QED) is 0.197. The molecule has 31 heavy (non-hydrogen) atoms. The lowest BCUT2D eigenvalue weighted by Crippen LogP contribution is -2.46. The number of halogens is 1.